The van der Waals surface area contributed by atoms with E-state index in [2.05, 4.69) is 10.3 Å². The van der Waals surface area contributed by atoms with E-state index in [1.54, 1.807) is 11.3 Å². The van der Waals surface area contributed by atoms with Crippen LogP contribution in [0, 0.1) is 6.92 Å². The number of hydrogen-bond acceptors (Lipinski definition) is 4. The normalized spacial score (nSPS) is 10.3. The second-order valence-corrected chi connectivity index (χ2v) is 3.56. The Morgan fingerprint density at radius 3 is 2.85 bits per heavy atom. The fraction of sp³-hybridized carbons (Fsp3) is 0.222. The largest absolute Gasteiger partial charge is 0.459 e. The lowest BCUT2D eigenvalue weighted by Gasteiger charge is -1.89. The fourth-order valence-electron chi connectivity index (χ4n) is 1.05. The van der Waals surface area contributed by atoms with E-state index < -0.39 is 0 Å². The van der Waals surface area contributed by atoms with Crippen molar-refractivity contribution in [3.8, 4) is 10.8 Å². The highest BCUT2D eigenvalue weighted by atomic mass is 32.1. The summed E-state index contributed by atoms with van der Waals surface area (Å²) in [6.45, 7) is 1.93. The third kappa shape index (κ3) is 1.58. The van der Waals surface area contributed by atoms with Gasteiger partial charge in [0.15, 0.2) is 10.8 Å². The Bertz CT molecular complexity index is 405. The van der Waals surface area contributed by atoms with Crippen LogP contribution in [0.2, 0.25) is 0 Å². The van der Waals surface area contributed by atoms with Crippen LogP contribution < -0.4 is 5.32 Å². The predicted molar refractivity (Wildman–Crippen MR) is 54.1 cm³/mol. The minimum Gasteiger partial charge on any atom is -0.459 e. The van der Waals surface area contributed by atoms with Crippen LogP contribution in [0.25, 0.3) is 10.8 Å². The summed E-state index contributed by atoms with van der Waals surface area (Å²) in [5, 5.41) is 5.86. The molecular weight excluding hydrogens is 184 g/mol. The van der Waals surface area contributed by atoms with Crippen molar-refractivity contribution in [1.82, 2.24) is 4.98 Å². The van der Waals surface area contributed by atoms with Gasteiger partial charge >= 0.3 is 0 Å². The standard InChI is InChI=1S/C9H10N2OS/c1-6-3-4-7(12-6)9-11-8(10-2)5-13-9/h3-5,10H,1-2H3. The Labute approximate surface area is 80.4 Å². The molecule has 2 rings (SSSR count). The third-order valence-corrected chi connectivity index (χ3v) is 2.57. The molecule has 0 aliphatic rings. The van der Waals surface area contributed by atoms with Crippen molar-refractivity contribution in [2.45, 2.75) is 6.92 Å². The lowest BCUT2D eigenvalue weighted by atomic mass is 10.4. The van der Waals surface area contributed by atoms with Gasteiger partial charge < -0.3 is 9.73 Å². The number of furan rings is 1. The highest BCUT2D eigenvalue weighted by Gasteiger charge is 2.06. The zero-order chi connectivity index (χ0) is 9.26. The minimum absolute atomic E-state index is 0.837. The molecule has 13 heavy (non-hydrogen) atoms. The summed E-state index contributed by atoms with van der Waals surface area (Å²) >= 11 is 1.57. The van der Waals surface area contributed by atoms with Gasteiger partial charge in [0, 0.05) is 12.4 Å². The molecule has 0 aliphatic heterocycles. The number of aryl methyl sites for hydroxylation is 1. The van der Waals surface area contributed by atoms with Gasteiger partial charge in [0.25, 0.3) is 0 Å². The van der Waals surface area contributed by atoms with E-state index in [-0.39, 0.29) is 0 Å². The van der Waals surface area contributed by atoms with Crippen LogP contribution >= 0.6 is 11.3 Å². The van der Waals surface area contributed by atoms with Gasteiger partial charge in [-0.1, -0.05) is 0 Å². The van der Waals surface area contributed by atoms with Crippen LogP contribution in [0.5, 0.6) is 0 Å². The number of nitrogens with one attached hydrogen (secondary N) is 1. The molecule has 68 valence electrons. The van der Waals surface area contributed by atoms with Crippen molar-refractivity contribution < 1.29 is 4.42 Å². The maximum atomic E-state index is 5.45. The molecule has 0 saturated carbocycles. The van der Waals surface area contributed by atoms with Gasteiger partial charge in [-0.05, 0) is 19.1 Å². The van der Waals surface area contributed by atoms with E-state index in [9.17, 15) is 0 Å². The molecule has 0 spiro atoms. The Kier molecular flexibility index (Phi) is 2.06. The lowest BCUT2D eigenvalue weighted by molar-refractivity contribution is 0.548. The van der Waals surface area contributed by atoms with Gasteiger partial charge in [0.1, 0.15) is 11.6 Å². The summed E-state index contributed by atoms with van der Waals surface area (Å²) in [6.07, 6.45) is 0. The van der Waals surface area contributed by atoms with Gasteiger partial charge in [-0.2, -0.15) is 0 Å². The maximum Gasteiger partial charge on any atom is 0.162 e. The SMILES string of the molecule is CNc1csc(-c2ccc(C)o2)n1. The van der Waals surface area contributed by atoms with Crippen LogP contribution in [-0.2, 0) is 0 Å². The fourth-order valence-corrected chi connectivity index (χ4v) is 1.82. The van der Waals surface area contributed by atoms with Gasteiger partial charge in [-0.3, -0.25) is 0 Å². The molecule has 0 saturated heterocycles. The first kappa shape index (κ1) is 8.31. The molecule has 2 aromatic heterocycles. The highest BCUT2D eigenvalue weighted by molar-refractivity contribution is 7.13. The molecule has 1 N–H and O–H groups in total. The third-order valence-electron chi connectivity index (χ3n) is 1.71. The monoisotopic (exact) mass is 194 g/mol. The van der Waals surface area contributed by atoms with Crippen molar-refractivity contribution in [2.24, 2.45) is 0 Å². The van der Waals surface area contributed by atoms with Gasteiger partial charge in [-0.15, -0.1) is 11.3 Å². The Morgan fingerprint density at radius 1 is 1.46 bits per heavy atom. The number of aromatic nitrogens is 1. The van der Waals surface area contributed by atoms with Crippen LogP contribution in [0.15, 0.2) is 21.9 Å². The van der Waals surface area contributed by atoms with Crippen LogP contribution in [0.4, 0.5) is 5.82 Å². The summed E-state index contributed by atoms with van der Waals surface area (Å²) in [4.78, 5) is 4.33. The molecule has 4 heteroatoms. The summed E-state index contributed by atoms with van der Waals surface area (Å²) in [6, 6.07) is 3.88. The first-order valence-corrected chi connectivity index (χ1v) is 4.87. The lowest BCUT2D eigenvalue weighted by Crippen LogP contribution is -1.86. The first-order valence-electron chi connectivity index (χ1n) is 3.99. The molecule has 2 heterocycles. The quantitative estimate of drug-likeness (QED) is 0.798. The zero-order valence-corrected chi connectivity index (χ0v) is 8.31. The number of nitrogens with zero attached hydrogens (tertiary/aromatic N) is 1. The second-order valence-electron chi connectivity index (χ2n) is 2.70. The number of thiazole rings is 1. The van der Waals surface area contributed by atoms with Crippen molar-refractivity contribution in [3.63, 3.8) is 0 Å². The number of anilines is 1. The summed E-state index contributed by atoms with van der Waals surface area (Å²) in [7, 11) is 1.85. The average Bonchev–Trinajstić information content (AvgIpc) is 2.71. The summed E-state index contributed by atoms with van der Waals surface area (Å²) < 4.78 is 5.45. The molecule has 0 aromatic carbocycles. The van der Waals surface area contributed by atoms with Crippen molar-refractivity contribution in [2.75, 3.05) is 12.4 Å². The Balaban J connectivity index is 2.35. The van der Waals surface area contributed by atoms with Gasteiger partial charge in [-0.25, -0.2) is 4.98 Å². The summed E-state index contributed by atoms with van der Waals surface area (Å²) in [5.74, 6) is 2.63. The molecule has 3 nitrogen and oxygen atoms in total. The van der Waals surface area contributed by atoms with Gasteiger partial charge in [0.05, 0.1) is 0 Å². The maximum absolute atomic E-state index is 5.45. The van der Waals surface area contributed by atoms with Crippen LogP contribution in [0.1, 0.15) is 5.76 Å². The van der Waals surface area contributed by atoms with Crippen LogP contribution in [0.3, 0.4) is 0 Å². The minimum atomic E-state index is 0.837. The van der Waals surface area contributed by atoms with E-state index in [1.807, 2.05) is 31.5 Å². The van der Waals surface area contributed by atoms with E-state index in [4.69, 9.17) is 4.42 Å². The number of rotatable bonds is 2. The molecule has 0 fully saturated rings. The molecule has 0 unspecified atom stereocenters. The molecule has 0 bridgehead atoms. The van der Waals surface area contributed by atoms with E-state index >= 15 is 0 Å². The Morgan fingerprint density at radius 2 is 2.31 bits per heavy atom. The number of hydrogen-bond donors (Lipinski definition) is 1. The smallest absolute Gasteiger partial charge is 0.162 e. The predicted octanol–water partition coefficient (Wildman–Crippen LogP) is 2.75. The van der Waals surface area contributed by atoms with Crippen molar-refractivity contribution in [3.05, 3.63) is 23.3 Å². The van der Waals surface area contributed by atoms with E-state index in [0.717, 1.165) is 22.3 Å². The first-order chi connectivity index (χ1) is 6.29. The van der Waals surface area contributed by atoms with Crippen molar-refractivity contribution in [1.29, 1.82) is 0 Å². The zero-order valence-electron chi connectivity index (χ0n) is 7.50. The summed E-state index contributed by atoms with van der Waals surface area (Å²) in [5.41, 5.74) is 0. The second kappa shape index (κ2) is 3.22. The Hall–Kier alpha value is -1.29. The molecule has 2 aromatic rings. The van der Waals surface area contributed by atoms with E-state index in [0.29, 0.717) is 0 Å². The molecular formula is C9H10N2OS. The van der Waals surface area contributed by atoms with Gasteiger partial charge in [0.2, 0.25) is 0 Å². The van der Waals surface area contributed by atoms with Crippen molar-refractivity contribution >= 4 is 17.2 Å². The molecule has 0 amide bonds. The molecule has 0 radical (unpaired) electrons. The van der Waals surface area contributed by atoms with Crippen LogP contribution in [-0.4, -0.2) is 12.0 Å². The molecule has 0 atom stereocenters. The van der Waals surface area contributed by atoms with E-state index in [1.165, 1.54) is 0 Å². The topological polar surface area (TPSA) is 38.1 Å². The highest BCUT2D eigenvalue weighted by Crippen LogP contribution is 2.26. The average molecular weight is 194 g/mol. The molecule has 0 aliphatic carbocycles.